The summed E-state index contributed by atoms with van der Waals surface area (Å²) in [7, 11) is 0. The first kappa shape index (κ1) is 18.4. The molecule has 0 bridgehead atoms. The van der Waals surface area contributed by atoms with Gasteiger partial charge in [-0.3, -0.25) is 4.79 Å². The van der Waals surface area contributed by atoms with E-state index < -0.39 is 17.6 Å². The van der Waals surface area contributed by atoms with Gasteiger partial charge in [-0.25, -0.2) is 13.8 Å². The minimum absolute atomic E-state index is 0.0644. The van der Waals surface area contributed by atoms with Gasteiger partial charge in [0.2, 0.25) is 11.0 Å². The van der Waals surface area contributed by atoms with E-state index in [2.05, 4.69) is 31.3 Å². The van der Waals surface area contributed by atoms with Gasteiger partial charge in [0.05, 0.1) is 15.9 Å². The highest BCUT2D eigenvalue weighted by Gasteiger charge is 2.34. The van der Waals surface area contributed by atoms with Gasteiger partial charge in [-0.2, -0.15) is 9.78 Å². The lowest BCUT2D eigenvalue weighted by atomic mass is 9.85. The highest BCUT2D eigenvalue weighted by Crippen LogP contribution is 2.42. The molecule has 146 valence electrons. The Labute approximate surface area is 176 Å². The first-order valence-corrected chi connectivity index (χ1v) is 10.4. The van der Waals surface area contributed by atoms with Gasteiger partial charge in [0.25, 0.3) is 0 Å². The molecule has 0 radical (unpaired) electrons. The third kappa shape index (κ3) is 3.05. The van der Waals surface area contributed by atoms with Crippen LogP contribution in [-0.4, -0.2) is 20.7 Å². The van der Waals surface area contributed by atoms with Crippen molar-refractivity contribution >= 4 is 49.2 Å². The summed E-state index contributed by atoms with van der Waals surface area (Å²) in [6.45, 7) is 1.81. The molecule has 1 atom stereocenters. The number of anilines is 1. The van der Waals surface area contributed by atoms with Crippen LogP contribution in [0.3, 0.4) is 0 Å². The molecule has 5 nitrogen and oxygen atoms in total. The number of halogens is 3. The largest absolute Gasteiger partial charge is 0.310 e. The number of fused-ring (bicyclic) bond motifs is 2. The monoisotopic (exact) mass is 474 g/mol. The second kappa shape index (κ2) is 6.70. The number of carbonyl (C=O) groups is 1. The number of nitrogens with zero attached hydrogens (tertiary/aromatic N) is 3. The lowest BCUT2D eigenvalue weighted by Crippen LogP contribution is -2.25. The van der Waals surface area contributed by atoms with Crippen LogP contribution in [0.2, 0.25) is 0 Å². The summed E-state index contributed by atoms with van der Waals surface area (Å²) in [6, 6.07) is 9.21. The second-order valence-corrected chi connectivity index (χ2v) is 8.76. The summed E-state index contributed by atoms with van der Waals surface area (Å²) >= 11 is 4.89. The fourth-order valence-corrected chi connectivity index (χ4v) is 5.19. The molecule has 1 unspecified atom stereocenters. The van der Waals surface area contributed by atoms with E-state index in [0.717, 1.165) is 26.3 Å². The van der Waals surface area contributed by atoms with Crippen LogP contribution in [0.15, 0.2) is 40.9 Å². The number of carbonyl (C=O) groups excluding carboxylic acids is 1. The van der Waals surface area contributed by atoms with Crippen LogP contribution in [0.4, 0.5) is 14.6 Å². The predicted octanol–water partition coefficient (Wildman–Crippen LogP) is 5.31. The quantitative estimate of drug-likeness (QED) is 0.428. The molecule has 0 aliphatic carbocycles. The number of nitrogens with one attached hydrogen (secondary N) is 1. The summed E-state index contributed by atoms with van der Waals surface area (Å²) < 4.78 is 31.4. The molecule has 1 N–H and O–H groups in total. The lowest BCUT2D eigenvalue weighted by molar-refractivity contribution is -0.116. The van der Waals surface area contributed by atoms with Crippen LogP contribution in [-0.2, 0) is 4.79 Å². The highest BCUT2D eigenvalue weighted by molar-refractivity contribution is 9.10. The Kier molecular flexibility index (Phi) is 4.25. The minimum atomic E-state index is -0.673. The van der Waals surface area contributed by atoms with Crippen LogP contribution in [0, 0.1) is 18.6 Å². The van der Waals surface area contributed by atoms with E-state index in [9.17, 15) is 13.6 Å². The van der Waals surface area contributed by atoms with Gasteiger partial charge in [-0.05, 0) is 36.8 Å². The van der Waals surface area contributed by atoms with Crippen LogP contribution in [0.5, 0.6) is 0 Å². The van der Waals surface area contributed by atoms with Crippen LogP contribution >= 0.6 is 27.3 Å². The number of amides is 1. The first-order valence-electron chi connectivity index (χ1n) is 8.81. The summed E-state index contributed by atoms with van der Waals surface area (Å²) in [6.07, 6.45) is 0.0644. The van der Waals surface area contributed by atoms with E-state index in [0.29, 0.717) is 16.6 Å². The molecule has 0 fully saturated rings. The van der Waals surface area contributed by atoms with Crippen molar-refractivity contribution in [2.24, 2.45) is 0 Å². The van der Waals surface area contributed by atoms with Crippen molar-refractivity contribution in [3.8, 4) is 5.13 Å². The lowest BCUT2D eigenvalue weighted by Gasteiger charge is -2.24. The number of benzene rings is 2. The van der Waals surface area contributed by atoms with Gasteiger partial charge in [0, 0.05) is 28.4 Å². The third-order valence-electron chi connectivity index (χ3n) is 4.96. The molecule has 3 heterocycles. The molecular formula is C20H13BrF2N4OS. The van der Waals surface area contributed by atoms with E-state index >= 15 is 0 Å². The molecule has 1 amide bonds. The van der Waals surface area contributed by atoms with Gasteiger partial charge in [-0.1, -0.05) is 33.3 Å². The zero-order valence-electron chi connectivity index (χ0n) is 15.0. The van der Waals surface area contributed by atoms with Crippen molar-refractivity contribution in [3.63, 3.8) is 0 Å². The molecule has 9 heteroatoms. The standard InChI is InChI=1S/C20H13BrF2N4OS/c1-9-18-13(12-4-3-11(22)7-14(12)23)8-17(28)25-19(18)27(26-9)20-24-15-5-2-10(21)6-16(15)29-20/h2-7,13H,8H2,1H3,(H,25,28). The number of aromatic nitrogens is 3. The molecule has 2 aromatic carbocycles. The topological polar surface area (TPSA) is 59.8 Å². The number of hydrogen-bond donors (Lipinski definition) is 1. The highest BCUT2D eigenvalue weighted by atomic mass is 79.9. The first-order chi connectivity index (χ1) is 13.9. The van der Waals surface area contributed by atoms with Gasteiger partial charge < -0.3 is 5.32 Å². The summed E-state index contributed by atoms with van der Waals surface area (Å²) in [4.78, 5) is 17.0. The van der Waals surface area contributed by atoms with E-state index in [1.165, 1.54) is 23.5 Å². The average Bonchev–Trinajstić information content (AvgIpc) is 3.21. The molecule has 2 aromatic heterocycles. The normalized spacial score (nSPS) is 16.1. The molecule has 5 rings (SSSR count). The van der Waals surface area contributed by atoms with E-state index in [1.807, 2.05) is 25.1 Å². The number of thiazole rings is 1. The summed E-state index contributed by atoms with van der Waals surface area (Å²) in [5.41, 5.74) is 2.47. The minimum Gasteiger partial charge on any atom is -0.310 e. The van der Waals surface area contributed by atoms with Crippen LogP contribution in [0.1, 0.15) is 29.2 Å². The van der Waals surface area contributed by atoms with Crippen LogP contribution in [0.25, 0.3) is 15.3 Å². The SMILES string of the molecule is Cc1nn(-c2nc3ccc(Br)cc3s2)c2c1C(c1ccc(F)cc1F)CC(=O)N2. The fourth-order valence-electron chi connectivity index (χ4n) is 3.71. The number of hydrogen-bond acceptors (Lipinski definition) is 4. The maximum absolute atomic E-state index is 14.5. The Morgan fingerprint density at radius 3 is 2.86 bits per heavy atom. The maximum atomic E-state index is 14.5. The maximum Gasteiger partial charge on any atom is 0.226 e. The van der Waals surface area contributed by atoms with Crippen molar-refractivity contribution in [3.05, 3.63) is 69.3 Å². The van der Waals surface area contributed by atoms with Gasteiger partial charge in [0.15, 0.2) is 0 Å². The Balaban J connectivity index is 1.68. The van der Waals surface area contributed by atoms with Crippen molar-refractivity contribution in [1.82, 2.24) is 14.8 Å². The molecule has 0 saturated carbocycles. The molecule has 0 saturated heterocycles. The number of aryl methyl sites for hydroxylation is 1. The zero-order chi connectivity index (χ0) is 20.3. The molecule has 0 spiro atoms. The zero-order valence-corrected chi connectivity index (χ0v) is 17.4. The molecular weight excluding hydrogens is 462 g/mol. The van der Waals surface area contributed by atoms with E-state index in [4.69, 9.17) is 0 Å². The molecule has 1 aliphatic rings. The van der Waals surface area contributed by atoms with Gasteiger partial charge in [0.1, 0.15) is 17.5 Å². The smallest absolute Gasteiger partial charge is 0.226 e. The molecule has 29 heavy (non-hydrogen) atoms. The molecule has 1 aliphatic heterocycles. The van der Waals surface area contributed by atoms with Crippen molar-refractivity contribution in [1.29, 1.82) is 0 Å². The Bertz CT molecular complexity index is 1300. The predicted molar refractivity (Wildman–Crippen MR) is 111 cm³/mol. The summed E-state index contributed by atoms with van der Waals surface area (Å²) in [5.74, 6) is -1.65. The van der Waals surface area contributed by atoms with Crippen LogP contribution < -0.4 is 5.32 Å². The van der Waals surface area contributed by atoms with E-state index in [1.54, 1.807) is 4.68 Å². The van der Waals surface area contributed by atoms with Crippen molar-refractivity contribution in [2.75, 3.05) is 5.32 Å². The van der Waals surface area contributed by atoms with Crippen molar-refractivity contribution in [2.45, 2.75) is 19.3 Å². The third-order valence-corrected chi connectivity index (χ3v) is 6.45. The number of rotatable bonds is 2. The van der Waals surface area contributed by atoms with Crippen molar-refractivity contribution < 1.29 is 13.6 Å². The Morgan fingerprint density at radius 1 is 1.24 bits per heavy atom. The van der Waals surface area contributed by atoms with Gasteiger partial charge in [-0.15, -0.1) is 0 Å². The Hall–Kier alpha value is -2.65. The fraction of sp³-hybridized carbons (Fsp3) is 0.150. The Morgan fingerprint density at radius 2 is 2.07 bits per heavy atom. The van der Waals surface area contributed by atoms with Gasteiger partial charge >= 0.3 is 0 Å². The van der Waals surface area contributed by atoms with E-state index in [-0.39, 0.29) is 17.9 Å². The molecule has 4 aromatic rings. The second-order valence-electron chi connectivity index (χ2n) is 6.84. The summed E-state index contributed by atoms with van der Waals surface area (Å²) in [5, 5.41) is 8.04. The average molecular weight is 475 g/mol.